The van der Waals surface area contributed by atoms with Gasteiger partial charge < -0.3 is 5.32 Å². The number of carbonyl (C=O) groups is 1. The van der Waals surface area contributed by atoms with E-state index in [1.54, 1.807) is 0 Å². The van der Waals surface area contributed by atoms with Crippen molar-refractivity contribution >= 4 is 28.7 Å². The summed E-state index contributed by atoms with van der Waals surface area (Å²) >= 11 is 5.77. The Balaban J connectivity index is 2.03. The lowest BCUT2D eigenvalue weighted by molar-refractivity contribution is -0.118. The largest absolute Gasteiger partial charge is 0.325 e. The molecule has 2 nitrogen and oxygen atoms in total. The summed E-state index contributed by atoms with van der Waals surface area (Å²) in [4.78, 5) is 13.9. The molecule has 0 aromatic heterocycles. The first kappa shape index (κ1) is 17.1. The van der Waals surface area contributed by atoms with Gasteiger partial charge in [-0.15, -0.1) is 0 Å². The van der Waals surface area contributed by atoms with Gasteiger partial charge in [-0.1, -0.05) is 91.1 Å². The van der Waals surface area contributed by atoms with Crippen LogP contribution >= 0.6 is 12.2 Å². The molecule has 3 aromatic carbocycles. The van der Waals surface area contributed by atoms with Crippen molar-refractivity contribution in [2.24, 2.45) is 0 Å². The third kappa shape index (κ3) is 3.52. The fourth-order valence-corrected chi connectivity index (χ4v) is 3.14. The van der Waals surface area contributed by atoms with Crippen molar-refractivity contribution in [1.82, 2.24) is 0 Å². The van der Waals surface area contributed by atoms with Crippen LogP contribution in [0.2, 0.25) is 0 Å². The van der Waals surface area contributed by atoms with Gasteiger partial charge in [0.05, 0.1) is 0 Å². The number of para-hydroxylation sites is 1. The van der Waals surface area contributed by atoms with Gasteiger partial charge in [-0.2, -0.15) is 0 Å². The molecule has 0 aliphatic rings. The zero-order valence-electron chi connectivity index (χ0n) is 14.0. The second-order valence-electron chi connectivity index (χ2n) is 6.01. The Morgan fingerprint density at radius 3 is 1.84 bits per heavy atom. The van der Waals surface area contributed by atoms with Crippen LogP contribution in [0.4, 0.5) is 5.69 Å². The third-order valence-corrected chi connectivity index (χ3v) is 4.97. The number of anilines is 1. The number of hydrogen-bond donors (Lipinski definition) is 1. The van der Waals surface area contributed by atoms with Crippen LogP contribution in [-0.4, -0.2) is 10.8 Å². The normalized spacial score (nSPS) is 12.8. The molecule has 25 heavy (non-hydrogen) atoms. The van der Waals surface area contributed by atoms with Gasteiger partial charge >= 0.3 is 0 Å². The average molecular weight is 345 g/mol. The molecule has 0 bridgehead atoms. The molecule has 0 saturated heterocycles. The Labute approximate surface area is 153 Å². The molecule has 3 rings (SSSR count). The van der Waals surface area contributed by atoms with Gasteiger partial charge in [-0.25, -0.2) is 0 Å². The summed E-state index contributed by atoms with van der Waals surface area (Å²) in [6, 6.07) is 28.8. The first-order valence-corrected chi connectivity index (χ1v) is 8.55. The highest BCUT2D eigenvalue weighted by Crippen LogP contribution is 2.31. The molecule has 1 N–H and O–H groups in total. The molecule has 3 heteroatoms. The van der Waals surface area contributed by atoms with Crippen molar-refractivity contribution in [1.29, 1.82) is 0 Å². The molecule has 0 aliphatic heterocycles. The van der Waals surface area contributed by atoms with E-state index in [0.717, 1.165) is 16.8 Å². The summed E-state index contributed by atoms with van der Waals surface area (Å²) in [6.45, 7) is 1.88. The van der Waals surface area contributed by atoms with Crippen LogP contribution in [0.15, 0.2) is 91.0 Å². The molecule has 0 saturated carbocycles. The molecule has 0 spiro atoms. The lowest BCUT2D eigenvalue weighted by Gasteiger charge is -2.30. The van der Waals surface area contributed by atoms with E-state index in [9.17, 15) is 4.79 Å². The predicted octanol–water partition coefficient (Wildman–Crippen LogP) is 5.00. The van der Waals surface area contributed by atoms with Gasteiger partial charge in [0.15, 0.2) is 0 Å². The predicted molar refractivity (Wildman–Crippen MR) is 107 cm³/mol. The topological polar surface area (TPSA) is 29.1 Å². The summed E-state index contributed by atoms with van der Waals surface area (Å²) in [6.07, 6.45) is 0. The third-order valence-electron chi connectivity index (χ3n) is 4.33. The fraction of sp³-hybridized carbons (Fsp3) is 0.0909. The highest BCUT2D eigenvalue weighted by molar-refractivity contribution is 7.81. The summed E-state index contributed by atoms with van der Waals surface area (Å²) in [5.74, 6) is -0.140. The number of nitrogens with one attached hydrogen (secondary N) is 1. The Bertz CT molecular complexity index is 862. The molecule has 0 radical (unpaired) electrons. The summed E-state index contributed by atoms with van der Waals surface area (Å²) in [5, 5.41) is 3.01. The molecule has 3 aromatic rings. The maximum absolute atomic E-state index is 13.3. The van der Waals surface area contributed by atoms with Crippen molar-refractivity contribution in [2.45, 2.75) is 12.3 Å². The van der Waals surface area contributed by atoms with Crippen LogP contribution < -0.4 is 5.32 Å². The molecular weight excluding hydrogens is 326 g/mol. The van der Waals surface area contributed by atoms with E-state index in [1.165, 1.54) is 0 Å². The fourth-order valence-electron chi connectivity index (χ4n) is 2.79. The molecule has 124 valence electrons. The number of carbonyl (C=O) groups excluding carboxylic acids is 1. The number of amides is 1. The molecule has 0 heterocycles. The minimum absolute atomic E-state index is 0.140. The summed E-state index contributed by atoms with van der Waals surface area (Å²) in [7, 11) is 0. The van der Waals surface area contributed by atoms with Gasteiger partial charge in [0.25, 0.3) is 0 Å². The SMILES string of the molecule is C[C@@](C(=O)Nc1ccccc1)(C(=S)c1ccccc1)c1ccccc1. The van der Waals surface area contributed by atoms with Gasteiger partial charge in [0.2, 0.25) is 5.91 Å². The number of hydrogen-bond acceptors (Lipinski definition) is 2. The lowest BCUT2D eigenvalue weighted by Crippen LogP contribution is -2.44. The lowest BCUT2D eigenvalue weighted by atomic mass is 9.76. The standard InChI is InChI=1S/C22H19NOS/c1-22(18-13-7-3-8-14-18,20(25)17-11-5-2-6-12-17)21(24)23-19-15-9-4-10-16-19/h2-16H,1H3,(H,23,24)/t22-/m0/s1. The van der Waals surface area contributed by atoms with E-state index < -0.39 is 5.41 Å². The number of rotatable bonds is 5. The number of thiocarbonyl (C=S) groups is 1. The van der Waals surface area contributed by atoms with Crippen molar-refractivity contribution in [3.8, 4) is 0 Å². The summed E-state index contributed by atoms with van der Waals surface area (Å²) in [5.41, 5.74) is 1.56. The van der Waals surface area contributed by atoms with E-state index in [0.29, 0.717) is 4.86 Å². The van der Waals surface area contributed by atoms with E-state index in [2.05, 4.69) is 5.32 Å². The minimum atomic E-state index is -0.951. The zero-order valence-corrected chi connectivity index (χ0v) is 14.8. The Morgan fingerprint density at radius 1 is 0.800 bits per heavy atom. The van der Waals surface area contributed by atoms with Crippen molar-refractivity contribution < 1.29 is 4.79 Å². The van der Waals surface area contributed by atoms with E-state index in [-0.39, 0.29) is 5.91 Å². The van der Waals surface area contributed by atoms with Gasteiger partial charge in [0.1, 0.15) is 5.41 Å². The highest BCUT2D eigenvalue weighted by atomic mass is 32.1. The van der Waals surface area contributed by atoms with Crippen molar-refractivity contribution in [2.75, 3.05) is 5.32 Å². The molecule has 0 aliphatic carbocycles. The first-order valence-electron chi connectivity index (χ1n) is 8.14. The van der Waals surface area contributed by atoms with Gasteiger partial charge in [0, 0.05) is 10.6 Å². The van der Waals surface area contributed by atoms with Crippen LogP contribution in [-0.2, 0) is 10.2 Å². The van der Waals surface area contributed by atoms with Crippen LogP contribution in [0, 0.1) is 0 Å². The highest BCUT2D eigenvalue weighted by Gasteiger charge is 2.40. The van der Waals surface area contributed by atoms with E-state index in [4.69, 9.17) is 12.2 Å². The summed E-state index contributed by atoms with van der Waals surface area (Å²) < 4.78 is 0. The Kier molecular flexibility index (Phi) is 5.05. The van der Waals surface area contributed by atoms with Crippen molar-refractivity contribution in [3.05, 3.63) is 102 Å². The second kappa shape index (κ2) is 7.41. The van der Waals surface area contributed by atoms with Gasteiger partial charge in [-0.05, 0) is 30.2 Å². The molecule has 0 unspecified atom stereocenters. The van der Waals surface area contributed by atoms with E-state index in [1.807, 2.05) is 97.9 Å². The number of benzene rings is 3. The molecule has 1 amide bonds. The van der Waals surface area contributed by atoms with Gasteiger partial charge in [-0.3, -0.25) is 4.79 Å². The van der Waals surface area contributed by atoms with Crippen LogP contribution in [0.1, 0.15) is 18.1 Å². The minimum Gasteiger partial charge on any atom is -0.325 e. The van der Waals surface area contributed by atoms with Crippen LogP contribution in [0.5, 0.6) is 0 Å². The van der Waals surface area contributed by atoms with Crippen molar-refractivity contribution in [3.63, 3.8) is 0 Å². The molecular formula is C22H19NOS. The van der Waals surface area contributed by atoms with E-state index >= 15 is 0 Å². The average Bonchev–Trinajstić information content (AvgIpc) is 2.69. The quantitative estimate of drug-likeness (QED) is 0.521. The molecule has 0 fully saturated rings. The monoisotopic (exact) mass is 345 g/mol. The Morgan fingerprint density at radius 2 is 1.28 bits per heavy atom. The first-order chi connectivity index (χ1) is 12.1. The molecule has 1 atom stereocenters. The van der Waals surface area contributed by atoms with Crippen LogP contribution in [0.3, 0.4) is 0 Å². The Hall–Kier alpha value is -2.78. The maximum Gasteiger partial charge on any atom is 0.240 e. The zero-order chi connectivity index (χ0) is 17.7. The second-order valence-corrected chi connectivity index (χ2v) is 6.41. The smallest absolute Gasteiger partial charge is 0.240 e. The van der Waals surface area contributed by atoms with Crippen LogP contribution in [0.25, 0.3) is 0 Å². The maximum atomic E-state index is 13.3.